The summed E-state index contributed by atoms with van der Waals surface area (Å²) in [4.78, 5) is 16.2. The van der Waals surface area contributed by atoms with Gasteiger partial charge in [0.2, 0.25) is 0 Å². The van der Waals surface area contributed by atoms with E-state index in [1.165, 1.54) is 6.42 Å². The molecule has 3 nitrogen and oxygen atoms in total. The minimum absolute atomic E-state index is 0.0544. The molecule has 1 aliphatic rings. The van der Waals surface area contributed by atoms with Crippen LogP contribution in [0, 0.1) is 0 Å². The molecule has 0 bridgehead atoms. The first-order valence-electron chi connectivity index (χ1n) is 5.76. The summed E-state index contributed by atoms with van der Waals surface area (Å²) in [5, 5.41) is 2.89. The Kier molecular flexibility index (Phi) is 3.70. The van der Waals surface area contributed by atoms with E-state index in [4.69, 9.17) is 0 Å². The van der Waals surface area contributed by atoms with E-state index in [2.05, 4.69) is 10.3 Å². The molecule has 1 N–H and O–H groups in total. The lowest BCUT2D eigenvalue weighted by Gasteiger charge is -2.06. The van der Waals surface area contributed by atoms with E-state index in [0.29, 0.717) is 5.56 Å². The molecule has 0 saturated heterocycles. The van der Waals surface area contributed by atoms with Crippen molar-refractivity contribution in [3.05, 3.63) is 35.9 Å². The van der Waals surface area contributed by atoms with Crippen molar-refractivity contribution in [2.45, 2.75) is 25.7 Å². The highest BCUT2D eigenvalue weighted by Gasteiger charge is 2.09. The molecule has 0 atom stereocenters. The van der Waals surface area contributed by atoms with Gasteiger partial charge in [-0.2, -0.15) is 0 Å². The molecule has 0 fully saturated rings. The number of nitrogens with one attached hydrogen (secondary N) is 1. The van der Waals surface area contributed by atoms with E-state index in [1.807, 2.05) is 30.3 Å². The molecule has 0 spiro atoms. The van der Waals surface area contributed by atoms with Crippen LogP contribution in [0.3, 0.4) is 0 Å². The largest absolute Gasteiger partial charge is 0.310 e. The van der Waals surface area contributed by atoms with Gasteiger partial charge >= 0.3 is 0 Å². The lowest BCUT2D eigenvalue weighted by molar-refractivity contribution is 0.0976. The Morgan fingerprint density at radius 2 is 1.94 bits per heavy atom. The predicted molar refractivity (Wildman–Crippen MR) is 64.7 cm³/mol. The molecule has 0 aliphatic carbocycles. The van der Waals surface area contributed by atoms with E-state index in [9.17, 15) is 4.79 Å². The van der Waals surface area contributed by atoms with Gasteiger partial charge in [-0.1, -0.05) is 24.6 Å². The van der Waals surface area contributed by atoms with Crippen LogP contribution in [0.2, 0.25) is 0 Å². The van der Waals surface area contributed by atoms with E-state index >= 15 is 0 Å². The molecule has 1 aliphatic heterocycles. The Bertz CT molecular complexity index is 384. The number of amidine groups is 1. The second kappa shape index (κ2) is 5.45. The molecule has 2 rings (SSSR count). The summed E-state index contributed by atoms with van der Waals surface area (Å²) in [5.74, 6) is 0.785. The third-order valence-corrected chi connectivity index (χ3v) is 2.67. The van der Waals surface area contributed by atoms with Gasteiger partial charge < -0.3 is 5.32 Å². The SMILES string of the molecule is O=C(NC1=NCCCCC1)c1ccccc1. The molecule has 1 aromatic rings. The lowest BCUT2D eigenvalue weighted by atomic mass is 10.2. The van der Waals surface area contributed by atoms with Crippen molar-refractivity contribution in [1.29, 1.82) is 0 Å². The zero-order valence-corrected chi connectivity index (χ0v) is 9.28. The van der Waals surface area contributed by atoms with Gasteiger partial charge in [-0.15, -0.1) is 0 Å². The van der Waals surface area contributed by atoms with E-state index < -0.39 is 0 Å². The van der Waals surface area contributed by atoms with Crippen LogP contribution >= 0.6 is 0 Å². The number of rotatable bonds is 1. The molecule has 84 valence electrons. The van der Waals surface area contributed by atoms with E-state index in [1.54, 1.807) is 0 Å². The predicted octanol–water partition coefficient (Wildman–Crippen LogP) is 2.39. The van der Waals surface area contributed by atoms with Gasteiger partial charge in [-0.3, -0.25) is 9.79 Å². The van der Waals surface area contributed by atoms with Crippen LogP contribution in [0.25, 0.3) is 0 Å². The topological polar surface area (TPSA) is 41.5 Å². The first-order valence-corrected chi connectivity index (χ1v) is 5.76. The molecule has 1 aromatic carbocycles. The lowest BCUT2D eigenvalue weighted by Crippen LogP contribution is -2.30. The molecule has 0 radical (unpaired) electrons. The number of hydrogen-bond acceptors (Lipinski definition) is 2. The number of nitrogens with zero attached hydrogens (tertiary/aromatic N) is 1. The summed E-state index contributed by atoms with van der Waals surface area (Å²) in [6.45, 7) is 0.838. The number of hydrogen-bond donors (Lipinski definition) is 1. The van der Waals surface area contributed by atoms with Crippen LogP contribution in [0.4, 0.5) is 0 Å². The van der Waals surface area contributed by atoms with E-state index in [-0.39, 0.29) is 5.91 Å². The van der Waals surface area contributed by atoms with Crippen LogP contribution in [-0.2, 0) is 0 Å². The second-order valence-electron chi connectivity index (χ2n) is 3.96. The fraction of sp³-hybridized carbons (Fsp3) is 0.385. The minimum Gasteiger partial charge on any atom is -0.310 e. The Morgan fingerprint density at radius 3 is 2.75 bits per heavy atom. The summed E-state index contributed by atoms with van der Waals surface area (Å²) in [5.41, 5.74) is 0.689. The van der Waals surface area contributed by atoms with Crippen LogP contribution in [0.5, 0.6) is 0 Å². The maximum atomic E-state index is 11.8. The summed E-state index contributed by atoms with van der Waals surface area (Å²) < 4.78 is 0. The normalized spacial score (nSPS) is 16.1. The van der Waals surface area contributed by atoms with Gasteiger partial charge in [0.1, 0.15) is 5.84 Å². The van der Waals surface area contributed by atoms with Gasteiger partial charge in [-0.05, 0) is 25.0 Å². The van der Waals surface area contributed by atoms with Gasteiger partial charge in [0.05, 0.1) is 0 Å². The standard InChI is InChI=1S/C13H16N2O/c16-13(11-7-3-1-4-8-11)15-12-9-5-2-6-10-14-12/h1,3-4,7-8H,2,5-6,9-10H2,(H,14,15,16). The number of benzene rings is 1. The molecular formula is C13H16N2O. The van der Waals surface area contributed by atoms with Gasteiger partial charge in [0, 0.05) is 18.5 Å². The number of amides is 1. The maximum Gasteiger partial charge on any atom is 0.256 e. The molecule has 1 heterocycles. The zero-order valence-electron chi connectivity index (χ0n) is 9.28. The number of carbonyl (C=O) groups excluding carboxylic acids is 1. The summed E-state index contributed by atoms with van der Waals surface area (Å²) in [7, 11) is 0. The maximum absolute atomic E-state index is 11.8. The number of carbonyl (C=O) groups is 1. The Hall–Kier alpha value is -1.64. The van der Waals surface area contributed by atoms with Crippen LogP contribution < -0.4 is 5.32 Å². The summed E-state index contributed by atoms with van der Waals surface area (Å²) >= 11 is 0. The van der Waals surface area contributed by atoms with Crippen molar-refractivity contribution in [3.63, 3.8) is 0 Å². The summed E-state index contributed by atoms with van der Waals surface area (Å²) in [6.07, 6.45) is 4.34. The van der Waals surface area contributed by atoms with Crippen molar-refractivity contribution in [2.75, 3.05) is 6.54 Å². The fourth-order valence-corrected chi connectivity index (χ4v) is 1.77. The highest BCUT2D eigenvalue weighted by Crippen LogP contribution is 2.07. The molecular weight excluding hydrogens is 200 g/mol. The third kappa shape index (κ3) is 2.92. The average Bonchev–Trinajstić information content (AvgIpc) is 2.59. The first-order chi connectivity index (χ1) is 7.86. The van der Waals surface area contributed by atoms with Crippen molar-refractivity contribution in [3.8, 4) is 0 Å². The molecule has 16 heavy (non-hydrogen) atoms. The molecule has 0 unspecified atom stereocenters. The zero-order chi connectivity index (χ0) is 11.2. The average molecular weight is 216 g/mol. The Balaban J connectivity index is 1.99. The second-order valence-corrected chi connectivity index (χ2v) is 3.96. The van der Waals surface area contributed by atoms with Crippen molar-refractivity contribution < 1.29 is 4.79 Å². The van der Waals surface area contributed by atoms with Gasteiger partial charge in [-0.25, -0.2) is 0 Å². The van der Waals surface area contributed by atoms with Crippen molar-refractivity contribution in [2.24, 2.45) is 4.99 Å². The Labute approximate surface area is 95.6 Å². The molecule has 1 amide bonds. The molecule has 3 heteroatoms. The van der Waals surface area contributed by atoms with Gasteiger partial charge in [0.15, 0.2) is 0 Å². The Morgan fingerprint density at radius 1 is 1.12 bits per heavy atom. The highest BCUT2D eigenvalue weighted by atomic mass is 16.1. The summed E-state index contributed by atoms with van der Waals surface area (Å²) in [6, 6.07) is 9.26. The third-order valence-electron chi connectivity index (χ3n) is 2.67. The molecule has 0 aromatic heterocycles. The fourth-order valence-electron chi connectivity index (χ4n) is 1.77. The van der Waals surface area contributed by atoms with Crippen LogP contribution in [0.15, 0.2) is 35.3 Å². The van der Waals surface area contributed by atoms with E-state index in [0.717, 1.165) is 31.6 Å². The van der Waals surface area contributed by atoms with Crippen molar-refractivity contribution >= 4 is 11.7 Å². The van der Waals surface area contributed by atoms with Crippen molar-refractivity contribution in [1.82, 2.24) is 5.32 Å². The first kappa shape index (κ1) is 10.9. The highest BCUT2D eigenvalue weighted by molar-refractivity contribution is 6.06. The van der Waals surface area contributed by atoms with Gasteiger partial charge in [0.25, 0.3) is 5.91 Å². The number of aliphatic imine (C=N–C) groups is 1. The monoisotopic (exact) mass is 216 g/mol. The van der Waals surface area contributed by atoms with Crippen LogP contribution in [-0.4, -0.2) is 18.3 Å². The molecule has 0 saturated carbocycles. The van der Waals surface area contributed by atoms with Crippen LogP contribution in [0.1, 0.15) is 36.0 Å². The smallest absolute Gasteiger partial charge is 0.256 e. The minimum atomic E-state index is -0.0544. The quantitative estimate of drug-likeness (QED) is 0.769.